The predicted octanol–water partition coefficient (Wildman–Crippen LogP) is 2.77. The average molecular weight is 378 g/mol. The minimum absolute atomic E-state index is 0.0225. The molecule has 0 fully saturated rings. The molecule has 0 aliphatic heterocycles. The fourth-order valence-corrected chi connectivity index (χ4v) is 2.70. The van der Waals surface area contributed by atoms with Gasteiger partial charge in [-0.15, -0.1) is 0 Å². The van der Waals surface area contributed by atoms with Crippen molar-refractivity contribution in [2.45, 2.75) is 24.7 Å². The van der Waals surface area contributed by atoms with Crippen molar-refractivity contribution in [2.75, 3.05) is 19.0 Å². The van der Waals surface area contributed by atoms with Gasteiger partial charge < -0.3 is 14.8 Å². The van der Waals surface area contributed by atoms with Gasteiger partial charge in [0, 0.05) is 11.3 Å². The number of rotatable bonds is 8. The molecule has 1 amide bonds. The zero-order valence-electron chi connectivity index (χ0n) is 14.7. The summed E-state index contributed by atoms with van der Waals surface area (Å²) in [5.41, 5.74) is 0.838. The first-order valence-electron chi connectivity index (χ1n) is 8.10. The lowest BCUT2D eigenvalue weighted by Gasteiger charge is -2.12. The number of methoxy groups -OCH3 is 1. The maximum atomic E-state index is 12.4. The monoisotopic (exact) mass is 378 g/mol. The molecule has 0 bridgehead atoms. The summed E-state index contributed by atoms with van der Waals surface area (Å²) in [4.78, 5) is 12.4. The molecule has 0 saturated carbocycles. The van der Waals surface area contributed by atoms with Gasteiger partial charge in [0.1, 0.15) is 0 Å². The highest BCUT2D eigenvalue weighted by molar-refractivity contribution is 7.89. The number of anilines is 1. The predicted molar refractivity (Wildman–Crippen MR) is 99.2 cm³/mol. The molecule has 3 N–H and O–H groups in total. The van der Waals surface area contributed by atoms with E-state index in [1.54, 1.807) is 18.2 Å². The lowest BCUT2D eigenvalue weighted by Crippen LogP contribution is -2.14. The molecular weight excluding hydrogens is 356 g/mol. The summed E-state index contributed by atoms with van der Waals surface area (Å²) in [6.07, 6.45) is 1.95. The van der Waals surface area contributed by atoms with E-state index in [9.17, 15) is 13.2 Å². The number of hydrogen-bond acceptors (Lipinski definition) is 5. The Morgan fingerprint density at radius 2 is 1.81 bits per heavy atom. The molecule has 0 saturated heterocycles. The van der Waals surface area contributed by atoms with Gasteiger partial charge in [0.05, 0.1) is 18.6 Å². The molecule has 0 unspecified atom stereocenters. The number of hydrogen-bond donors (Lipinski definition) is 2. The Bertz CT molecular complexity index is 864. The van der Waals surface area contributed by atoms with Gasteiger partial charge in [0.15, 0.2) is 11.5 Å². The molecule has 0 atom stereocenters. The van der Waals surface area contributed by atoms with Gasteiger partial charge in [-0.1, -0.05) is 13.3 Å². The number of sulfonamides is 1. The lowest BCUT2D eigenvalue weighted by atomic mass is 10.2. The number of carbonyl (C=O) groups is 1. The minimum Gasteiger partial charge on any atom is -0.493 e. The van der Waals surface area contributed by atoms with Crippen molar-refractivity contribution in [3.63, 3.8) is 0 Å². The van der Waals surface area contributed by atoms with Gasteiger partial charge in [-0.05, 0) is 48.9 Å². The summed E-state index contributed by atoms with van der Waals surface area (Å²) in [6, 6.07) is 10.5. The van der Waals surface area contributed by atoms with Crippen LogP contribution < -0.4 is 19.9 Å². The van der Waals surface area contributed by atoms with Crippen molar-refractivity contribution >= 4 is 21.6 Å². The molecule has 2 aromatic rings. The van der Waals surface area contributed by atoms with E-state index in [1.165, 1.54) is 31.4 Å². The molecule has 140 valence electrons. The second-order valence-electron chi connectivity index (χ2n) is 5.59. The van der Waals surface area contributed by atoms with E-state index in [0.29, 0.717) is 29.4 Å². The summed E-state index contributed by atoms with van der Waals surface area (Å²) in [6.45, 7) is 2.65. The highest BCUT2D eigenvalue weighted by Gasteiger charge is 2.12. The van der Waals surface area contributed by atoms with Crippen molar-refractivity contribution in [3.05, 3.63) is 48.0 Å². The normalized spacial score (nSPS) is 11.0. The van der Waals surface area contributed by atoms with E-state index in [0.717, 1.165) is 12.8 Å². The van der Waals surface area contributed by atoms with Crippen LogP contribution in [0.2, 0.25) is 0 Å². The number of carbonyl (C=O) groups excluding carboxylic acids is 1. The van der Waals surface area contributed by atoms with E-state index in [-0.39, 0.29) is 10.8 Å². The Balaban J connectivity index is 2.11. The van der Waals surface area contributed by atoms with Crippen LogP contribution in [0.25, 0.3) is 0 Å². The Labute approximate surface area is 153 Å². The van der Waals surface area contributed by atoms with Gasteiger partial charge in [0.25, 0.3) is 5.91 Å². The Morgan fingerprint density at radius 1 is 1.12 bits per heavy atom. The Morgan fingerprint density at radius 3 is 2.38 bits per heavy atom. The number of amides is 1. The standard InChI is InChI=1S/C18H22N2O5S/c1-3-4-11-25-16-10-5-13(12-17(16)24-2)18(21)20-14-6-8-15(9-7-14)26(19,22)23/h5-10,12H,3-4,11H2,1-2H3,(H,20,21)(H2,19,22,23). The summed E-state index contributed by atoms with van der Waals surface area (Å²) in [5, 5.41) is 7.74. The second-order valence-corrected chi connectivity index (χ2v) is 7.15. The van der Waals surface area contributed by atoms with Gasteiger partial charge >= 0.3 is 0 Å². The number of primary sulfonamides is 1. The minimum atomic E-state index is -3.77. The lowest BCUT2D eigenvalue weighted by molar-refractivity contribution is 0.102. The van der Waals surface area contributed by atoms with Crippen LogP contribution in [-0.4, -0.2) is 28.0 Å². The van der Waals surface area contributed by atoms with Crippen molar-refractivity contribution in [1.29, 1.82) is 0 Å². The van der Waals surface area contributed by atoms with Gasteiger partial charge in [0.2, 0.25) is 10.0 Å². The van der Waals surface area contributed by atoms with Crippen molar-refractivity contribution in [2.24, 2.45) is 5.14 Å². The molecule has 0 heterocycles. The van der Waals surface area contributed by atoms with Gasteiger partial charge in [-0.2, -0.15) is 0 Å². The quantitative estimate of drug-likeness (QED) is 0.687. The fourth-order valence-electron chi connectivity index (χ4n) is 2.19. The third-order valence-electron chi connectivity index (χ3n) is 3.62. The van der Waals surface area contributed by atoms with Gasteiger partial charge in [-0.25, -0.2) is 13.6 Å². The molecule has 0 spiro atoms. The molecule has 26 heavy (non-hydrogen) atoms. The van der Waals surface area contributed by atoms with Crippen molar-refractivity contribution < 1.29 is 22.7 Å². The summed E-state index contributed by atoms with van der Waals surface area (Å²) >= 11 is 0. The van der Waals surface area contributed by atoms with Crippen LogP contribution in [-0.2, 0) is 10.0 Å². The van der Waals surface area contributed by atoms with Crippen LogP contribution in [0.1, 0.15) is 30.1 Å². The first-order valence-corrected chi connectivity index (χ1v) is 9.65. The van der Waals surface area contributed by atoms with E-state index < -0.39 is 10.0 Å². The smallest absolute Gasteiger partial charge is 0.255 e. The summed E-state index contributed by atoms with van der Waals surface area (Å²) in [7, 11) is -2.26. The van der Waals surface area contributed by atoms with Crippen LogP contribution in [0.15, 0.2) is 47.4 Å². The van der Waals surface area contributed by atoms with E-state index in [2.05, 4.69) is 12.2 Å². The zero-order chi connectivity index (χ0) is 19.2. The molecule has 7 nitrogen and oxygen atoms in total. The number of benzene rings is 2. The van der Waals surface area contributed by atoms with Crippen LogP contribution >= 0.6 is 0 Å². The van der Waals surface area contributed by atoms with Crippen LogP contribution in [0.5, 0.6) is 11.5 Å². The second kappa shape index (κ2) is 8.68. The van der Waals surface area contributed by atoms with Crippen LogP contribution in [0.3, 0.4) is 0 Å². The largest absolute Gasteiger partial charge is 0.493 e. The van der Waals surface area contributed by atoms with E-state index in [1.807, 2.05) is 0 Å². The van der Waals surface area contributed by atoms with Crippen molar-refractivity contribution in [3.8, 4) is 11.5 Å². The van der Waals surface area contributed by atoms with Gasteiger partial charge in [-0.3, -0.25) is 4.79 Å². The fraction of sp³-hybridized carbons (Fsp3) is 0.278. The Kier molecular flexibility index (Phi) is 6.59. The molecular formula is C18H22N2O5S. The molecule has 0 radical (unpaired) electrons. The molecule has 2 aromatic carbocycles. The third kappa shape index (κ3) is 5.21. The van der Waals surface area contributed by atoms with Crippen molar-refractivity contribution in [1.82, 2.24) is 0 Å². The van der Waals surface area contributed by atoms with E-state index >= 15 is 0 Å². The number of unbranched alkanes of at least 4 members (excludes halogenated alkanes) is 1. The summed E-state index contributed by atoms with van der Waals surface area (Å²) in [5.74, 6) is 0.695. The average Bonchev–Trinajstić information content (AvgIpc) is 2.61. The Hall–Kier alpha value is -2.58. The third-order valence-corrected chi connectivity index (χ3v) is 4.55. The maximum absolute atomic E-state index is 12.4. The highest BCUT2D eigenvalue weighted by Crippen LogP contribution is 2.28. The van der Waals surface area contributed by atoms with Crippen LogP contribution in [0.4, 0.5) is 5.69 Å². The maximum Gasteiger partial charge on any atom is 0.255 e. The number of nitrogens with two attached hydrogens (primary N) is 1. The van der Waals surface area contributed by atoms with E-state index in [4.69, 9.17) is 14.6 Å². The molecule has 0 aromatic heterocycles. The number of ether oxygens (including phenoxy) is 2. The topological polar surface area (TPSA) is 108 Å². The first-order chi connectivity index (χ1) is 12.3. The SMILES string of the molecule is CCCCOc1ccc(C(=O)Nc2ccc(S(N)(=O)=O)cc2)cc1OC. The molecule has 8 heteroatoms. The molecule has 0 aliphatic carbocycles. The highest BCUT2D eigenvalue weighted by atomic mass is 32.2. The summed E-state index contributed by atoms with van der Waals surface area (Å²) < 4.78 is 33.4. The first kappa shape index (κ1) is 19.7. The molecule has 0 aliphatic rings. The zero-order valence-corrected chi connectivity index (χ0v) is 15.5. The number of nitrogens with one attached hydrogen (secondary N) is 1. The van der Waals surface area contributed by atoms with Crippen LogP contribution in [0, 0.1) is 0 Å². The molecule has 2 rings (SSSR count).